The van der Waals surface area contributed by atoms with Gasteiger partial charge >= 0.3 is 12.3 Å². The van der Waals surface area contributed by atoms with Crippen molar-refractivity contribution in [3.63, 3.8) is 0 Å². The number of benzene rings is 3. The summed E-state index contributed by atoms with van der Waals surface area (Å²) in [6.45, 7) is 10.5. The standard InChI is InChI=1S/C40H44F4N6O4S/c1-37(2,3)49(25-27-11-8-7-9-12-27)36(52)54-50-33(23-34(47-50)40(42,43)44)35(51)46-32-22-30(17-18-31(32)41)39(20-19-26-15-16-26,48-55(53)38(4,5)6)29-14-10-13-28(21-29)24-45/h7-14,17-18,21-23,26,48H,15-16,19-20,25H2,1-6H3,(H,46,51)/t39-,55-/m1/s1. The highest BCUT2D eigenvalue weighted by molar-refractivity contribution is 7.90. The predicted octanol–water partition coefficient (Wildman–Crippen LogP) is 8.50. The molecule has 1 fully saturated rings. The van der Waals surface area contributed by atoms with Crippen LogP contribution >= 0.6 is 0 Å². The Bertz CT molecular complexity index is 2050. The van der Waals surface area contributed by atoms with E-state index in [1.165, 1.54) is 17.0 Å². The first-order valence-corrected chi connectivity index (χ1v) is 18.9. The van der Waals surface area contributed by atoms with Gasteiger partial charge in [0.1, 0.15) is 16.1 Å². The molecule has 0 bridgehead atoms. The number of nitrogens with one attached hydrogen (secondary N) is 2. The van der Waals surface area contributed by atoms with Gasteiger partial charge < -0.3 is 9.87 Å². The van der Waals surface area contributed by atoms with Crippen molar-refractivity contribution in [1.29, 1.82) is 5.26 Å². The molecule has 0 spiro atoms. The first-order valence-electron chi connectivity index (χ1n) is 17.7. The highest BCUT2D eigenvalue weighted by atomic mass is 32.2. The van der Waals surface area contributed by atoms with E-state index in [9.17, 15) is 32.6 Å². The van der Waals surface area contributed by atoms with Crippen LogP contribution in [-0.2, 0) is 29.6 Å². The normalized spacial score (nSPS) is 15.1. The van der Waals surface area contributed by atoms with Crippen LogP contribution in [0.3, 0.4) is 0 Å². The van der Waals surface area contributed by atoms with Gasteiger partial charge in [0.15, 0.2) is 11.4 Å². The van der Waals surface area contributed by atoms with Crippen LogP contribution in [0.2, 0.25) is 0 Å². The Kier molecular flexibility index (Phi) is 12.0. The van der Waals surface area contributed by atoms with Crippen molar-refractivity contribution in [2.45, 2.75) is 95.8 Å². The molecule has 0 unspecified atom stereocenters. The molecule has 2 amide bonds. The van der Waals surface area contributed by atoms with Gasteiger partial charge in [-0.05, 0) is 101 Å². The summed E-state index contributed by atoms with van der Waals surface area (Å²) in [6, 6.07) is 22.0. The Labute approximate surface area is 321 Å². The predicted molar refractivity (Wildman–Crippen MR) is 200 cm³/mol. The van der Waals surface area contributed by atoms with Gasteiger partial charge in [-0.1, -0.05) is 66.2 Å². The highest BCUT2D eigenvalue weighted by Gasteiger charge is 2.44. The van der Waals surface area contributed by atoms with E-state index < -0.39 is 68.3 Å². The van der Waals surface area contributed by atoms with Crippen LogP contribution in [0.15, 0.2) is 78.9 Å². The topological polar surface area (TPSA) is 135 Å². The van der Waals surface area contributed by atoms with Gasteiger partial charge in [-0.3, -0.25) is 14.5 Å². The molecule has 55 heavy (non-hydrogen) atoms. The molecule has 1 heterocycles. The summed E-state index contributed by atoms with van der Waals surface area (Å²) in [5.41, 5.74) is -2.87. The van der Waals surface area contributed by atoms with E-state index >= 15 is 4.39 Å². The molecule has 292 valence electrons. The van der Waals surface area contributed by atoms with E-state index in [-0.39, 0.29) is 11.4 Å². The van der Waals surface area contributed by atoms with Gasteiger partial charge in [0.2, 0.25) is 0 Å². The molecule has 2 atom stereocenters. The van der Waals surface area contributed by atoms with Crippen molar-refractivity contribution < 1.29 is 36.5 Å². The van der Waals surface area contributed by atoms with Crippen LogP contribution in [0.25, 0.3) is 0 Å². The van der Waals surface area contributed by atoms with Crippen LogP contribution in [0, 0.1) is 23.1 Å². The minimum atomic E-state index is -5.03. The second-order valence-electron chi connectivity index (χ2n) is 15.6. The van der Waals surface area contributed by atoms with Crippen molar-refractivity contribution in [2.24, 2.45) is 5.92 Å². The molecule has 3 aromatic carbocycles. The molecule has 0 aliphatic heterocycles. The van der Waals surface area contributed by atoms with Crippen LogP contribution in [0.1, 0.15) is 106 Å². The smallest absolute Gasteiger partial charge is 0.436 e. The molecule has 0 radical (unpaired) electrons. The van der Waals surface area contributed by atoms with E-state index in [1.807, 2.05) is 0 Å². The monoisotopic (exact) mass is 780 g/mol. The lowest BCUT2D eigenvalue weighted by Crippen LogP contribution is -2.52. The Morgan fingerprint density at radius 1 is 0.982 bits per heavy atom. The largest absolute Gasteiger partial charge is 0.598 e. The fourth-order valence-corrected chi connectivity index (χ4v) is 6.84. The summed E-state index contributed by atoms with van der Waals surface area (Å²) in [6.07, 6.45) is -3.01. The Hall–Kier alpha value is -4.91. The quantitative estimate of drug-likeness (QED) is 0.109. The third kappa shape index (κ3) is 10.0. The number of nitriles is 1. The second-order valence-corrected chi connectivity index (χ2v) is 17.6. The third-order valence-corrected chi connectivity index (χ3v) is 10.9. The average molecular weight is 781 g/mol. The minimum absolute atomic E-state index is 0.0317. The summed E-state index contributed by atoms with van der Waals surface area (Å²) in [4.78, 5) is 34.1. The van der Waals surface area contributed by atoms with Crippen molar-refractivity contribution in [3.05, 3.63) is 118 Å². The summed E-state index contributed by atoms with van der Waals surface area (Å²) >= 11 is -1.69. The first-order chi connectivity index (χ1) is 25.7. The lowest BCUT2D eigenvalue weighted by atomic mass is 9.79. The summed E-state index contributed by atoms with van der Waals surface area (Å²) < 4.78 is 73.9. The van der Waals surface area contributed by atoms with Crippen LogP contribution in [0.4, 0.5) is 28.0 Å². The maximum Gasteiger partial charge on any atom is 0.436 e. The van der Waals surface area contributed by atoms with Gasteiger partial charge in [0.05, 0.1) is 17.3 Å². The Morgan fingerprint density at radius 3 is 2.25 bits per heavy atom. The van der Waals surface area contributed by atoms with Gasteiger partial charge in [-0.2, -0.15) is 18.4 Å². The van der Waals surface area contributed by atoms with Crippen molar-refractivity contribution in [1.82, 2.24) is 19.6 Å². The molecular formula is C40H44F4N6O4S. The summed E-state index contributed by atoms with van der Waals surface area (Å²) in [5.74, 6) is -1.76. The fourth-order valence-electron chi connectivity index (χ4n) is 5.88. The maximum absolute atomic E-state index is 15.6. The van der Waals surface area contributed by atoms with Gasteiger partial charge in [0, 0.05) is 29.5 Å². The molecule has 1 aliphatic rings. The molecular weight excluding hydrogens is 737 g/mol. The summed E-state index contributed by atoms with van der Waals surface area (Å²) in [5, 5.41) is 15.5. The number of anilines is 1. The van der Waals surface area contributed by atoms with E-state index in [2.05, 4.69) is 21.2 Å². The van der Waals surface area contributed by atoms with Gasteiger partial charge in [-0.25, -0.2) is 9.18 Å². The molecule has 15 heteroatoms. The molecule has 2 N–H and O–H groups in total. The zero-order valence-electron chi connectivity index (χ0n) is 31.5. The number of rotatable bonds is 12. The molecule has 10 nitrogen and oxygen atoms in total. The number of hydrogen-bond acceptors (Lipinski definition) is 7. The van der Waals surface area contributed by atoms with Crippen molar-refractivity contribution in [3.8, 4) is 6.07 Å². The molecule has 5 rings (SSSR count). The molecule has 1 saturated carbocycles. The van der Waals surface area contributed by atoms with E-state index in [1.54, 1.807) is 96.1 Å². The van der Waals surface area contributed by atoms with Crippen LogP contribution in [0.5, 0.6) is 0 Å². The Balaban J connectivity index is 1.55. The van der Waals surface area contributed by atoms with Crippen LogP contribution < -0.4 is 14.9 Å². The molecule has 0 saturated heterocycles. The number of amides is 2. The van der Waals surface area contributed by atoms with Gasteiger partial charge in [-0.15, -0.1) is 9.82 Å². The highest BCUT2D eigenvalue weighted by Crippen LogP contribution is 2.43. The zero-order chi connectivity index (χ0) is 40.3. The average Bonchev–Trinajstić information content (AvgIpc) is 3.85. The second kappa shape index (κ2) is 16.1. The molecule has 1 aromatic heterocycles. The lowest BCUT2D eigenvalue weighted by molar-refractivity contribution is -0.142. The van der Waals surface area contributed by atoms with E-state index in [4.69, 9.17) is 4.84 Å². The van der Waals surface area contributed by atoms with Crippen molar-refractivity contribution >= 4 is 29.0 Å². The number of hydrogen-bond donors (Lipinski definition) is 2. The fraction of sp³-hybridized carbons (Fsp3) is 0.400. The minimum Gasteiger partial charge on any atom is -0.598 e. The van der Waals surface area contributed by atoms with E-state index in [0.717, 1.165) is 18.9 Å². The van der Waals surface area contributed by atoms with Crippen LogP contribution in [-0.4, -0.2) is 41.7 Å². The number of alkyl halides is 3. The lowest BCUT2D eigenvalue weighted by Gasteiger charge is -2.39. The Morgan fingerprint density at radius 2 is 1.65 bits per heavy atom. The molecule has 1 aliphatic carbocycles. The number of carbonyl (C=O) groups excluding carboxylic acids is 2. The third-order valence-electron chi connectivity index (χ3n) is 9.22. The molecule has 4 aromatic rings. The first kappa shape index (κ1) is 41.3. The number of nitrogens with zero attached hydrogens (tertiary/aromatic N) is 4. The number of aromatic nitrogens is 2. The number of carbonyl (C=O) groups is 2. The summed E-state index contributed by atoms with van der Waals surface area (Å²) in [7, 11) is 0. The SMILES string of the molecule is CC(C)(C)N(Cc1ccccc1)C(=O)On1nc(C(F)(F)F)cc1C(=O)Nc1cc([C@](CCC2CC2)(N[S@+]([O-])C(C)(C)C)c2cccc(C#N)c2)ccc1F. The van der Waals surface area contributed by atoms with E-state index in [0.29, 0.717) is 47.1 Å². The van der Waals surface area contributed by atoms with Gasteiger partial charge in [0.25, 0.3) is 5.91 Å². The zero-order valence-corrected chi connectivity index (χ0v) is 32.3. The number of halogens is 4. The van der Waals surface area contributed by atoms with Crippen molar-refractivity contribution in [2.75, 3.05) is 5.32 Å². The maximum atomic E-state index is 15.6.